The SMILES string of the molecule is C[C@H](N)C(=O)N1C(C(=O)O)CC2CCCC[C@@H]21. The summed E-state index contributed by atoms with van der Waals surface area (Å²) < 4.78 is 0. The molecule has 5 nitrogen and oxygen atoms in total. The Hall–Kier alpha value is -1.10. The fraction of sp³-hybridized carbons (Fsp3) is 0.833. The molecule has 4 atom stereocenters. The maximum absolute atomic E-state index is 12.1. The highest BCUT2D eigenvalue weighted by molar-refractivity contribution is 5.87. The first-order valence-corrected chi connectivity index (χ1v) is 6.33. The number of carbonyl (C=O) groups is 2. The number of fused-ring (bicyclic) bond motifs is 1. The predicted molar refractivity (Wildman–Crippen MR) is 62.3 cm³/mol. The van der Waals surface area contributed by atoms with E-state index in [0.717, 1.165) is 25.7 Å². The first-order valence-electron chi connectivity index (χ1n) is 6.33. The van der Waals surface area contributed by atoms with Crippen LogP contribution in [0.5, 0.6) is 0 Å². The van der Waals surface area contributed by atoms with Gasteiger partial charge in [0.15, 0.2) is 0 Å². The molecule has 1 heterocycles. The number of aliphatic carboxylic acids is 1. The van der Waals surface area contributed by atoms with Crippen LogP contribution >= 0.6 is 0 Å². The largest absolute Gasteiger partial charge is 0.480 e. The minimum atomic E-state index is -0.895. The van der Waals surface area contributed by atoms with Crippen LogP contribution in [0.25, 0.3) is 0 Å². The number of hydrogen-bond acceptors (Lipinski definition) is 3. The fourth-order valence-electron chi connectivity index (χ4n) is 3.23. The molecule has 1 saturated carbocycles. The van der Waals surface area contributed by atoms with Gasteiger partial charge in [0.1, 0.15) is 6.04 Å². The molecule has 1 saturated heterocycles. The third kappa shape index (κ3) is 2.16. The molecule has 5 heteroatoms. The zero-order valence-corrected chi connectivity index (χ0v) is 10.1. The molecule has 0 radical (unpaired) electrons. The molecule has 0 aromatic carbocycles. The predicted octanol–water partition coefficient (Wildman–Crippen LogP) is 0.578. The van der Waals surface area contributed by atoms with Crippen LogP contribution in [0, 0.1) is 5.92 Å². The van der Waals surface area contributed by atoms with Gasteiger partial charge in [-0.05, 0) is 32.1 Å². The van der Waals surface area contributed by atoms with E-state index in [4.69, 9.17) is 5.73 Å². The number of hydrogen-bond donors (Lipinski definition) is 2. The molecular formula is C12H20N2O3. The smallest absolute Gasteiger partial charge is 0.326 e. The van der Waals surface area contributed by atoms with Crippen molar-refractivity contribution in [3.63, 3.8) is 0 Å². The van der Waals surface area contributed by atoms with Crippen molar-refractivity contribution in [2.24, 2.45) is 11.7 Å². The lowest BCUT2D eigenvalue weighted by molar-refractivity contribution is -0.150. The molecule has 1 aliphatic heterocycles. The highest BCUT2D eigenvalue weighted by atomic mass is 16.4. The lowest BCUT2D eigenvalue weighted by atomic mass is 9.84. The van der Waals surface area contributed by atoms with Crippen molar-refractivity contribution < 1.29 is 14.7 Å². The zero-order chi connectivity index (χ0) is 12.6. The van der Waals surface area contributed by atoms with Gasteiger partial charge in [0, 0.05) is 6.04 Å². The first-order chi connectivity index (χ1) is 8.02. The Morgan fingerprint density at radius 3 is 2.59 bits per heavy atom. The average molecular weight is 240 g/mol. The second-order valence-electron chi connectivity index (χ2n) is 5.24. The van der Waals surface area contributed by atoms with Crippen molar-refractivity contribution in [2.45, 2.75) is 57.2 Å². The van der Waals surface area contributed by atoms with Crippen molar-refractivity contribution >= 4 is 11.9 Å². The summed E-state index contributed by atoms with van der Waals surface area (Å²) in [5.74, 6) is -0.757. The molecule has 2 rings (SSSR count). The van der Waals surface area contributed by atoms with Gasteiger partial charge in [-0.2, -0.15) is 0 Å². The fourth-order valence-corrected chi connectivity index (χ4v) is 3.23. The van der Waals surface area contributed by atoms with Crippen LogP contribution in [0.2, 0.25) is 0 Å². The molecule has 2 fully saturated rings. The van der Waals surface area contributed by atoms with Crippen LogP contribution in [0.4, 0.5) is 0 Å². The zero-order valence-electron chi connectivity index (χ0n) is 10.1. The van der Waals surface area contributed by atoms with E-state index in [1.54, 1.807) is 11.8 Å². The number of nitrogens with two attached hydrogens (primary N) is 1. The summed E-state index contributed by atoms with van der Waals surface area (Å²) >= 11 is 0. The van der Waals surface area contributed by atoms with Crippen LogP contribution < -0.4 is 5.73 Å². The summed E-state index contributed by atoms with van der Waals surface area (Å²) in [4.78, 5) is 24.9. The number of carboxylic acid groups (broad SMARTS) is 1. The quantitative estimate of drug-likeness (QED) is 0.739. The first kappa shape index (κ1) is 12.4. The van der Waals surface area contributed by atoms with Gasteiger partial charge >= 0.3 is 5.97 Å². The Morgan fingerprint density at radius 2 is 2.00 bits per heavy atom. The van der Waals surface area contributed by atoms with E-state index in [2.05, 4.69) is 0 Å². The minimum Gasteiger partial charge on any atom is -0.480 e. The summed E-state index contributed by atoms with van der Waals surface area (Å²) in [5.41, 5.74) is 5.62. The highest BCUT2D eigenvalue weighted by Crippen LogP contribution is 2.39. The van der Waals surface area contributed by atoms with Gasteiger partial charge < -0.3 is 15.7 Å². The van der Waals surface area contributed by atoms with Gasteiger partial charge in [-0.15, -0.1) is 0 Å². The Kier molecular flexibility index (Phi) is 3.38. The summed E-state index contributed by atoms with van der Waals surface area (Å²) in [5, 5.41) is 9.23. The summed E-state index contributed by atoms with van der Waals surface area (Å²) in [6.45, 7) is 1.62. The molecule has 96 valence electrons. The van der Waals surface area contributed by atoms with Crippen LogP contribution in [0.15, 0.2) is 0 Å². The number of carbonyl (C=O) groups excluding carboxylic acids is 1. The van der Waals surface area contributed by atoms with Crippen LogP contribution in [-0.2, 0) is 9.59 Å². The van der Waals surface area contributed by atoms with Gasteiger partial charge in [-0.1, -0.05) is 12.8 Å². The van der Waals surface area contributed by atoms with Gasteiger partial charge in [0.05, 0.1) is 6.04 Å². The summed E-state index contributed by atoms with van der Waals surface area (Å²) in [6, 6.07) is -1.18. The van der Waals surface area contributed by atoms with Crippen molar-refractivity contribution in [1.82, 2.24) is 4.90 Å². The maximum atomic E-state index is 12.1. The Bertz CT molecular complexity index is 330. The van der Waals surface area contributed by atoms with E-state index in [1.807, 2.05) is 0 Å². The van der Waals surface area contributed by atoms with Crippen LogP contribution in [0.3, 0.4) is 0 Å². The number of nitrogens with zero attached hydrogens (tertiary/aromatic N) is 1. The molecule has 1 aliphatic carbocycles. The molecule has 1 amide bonds. The second kappa shape index (κ2) is 4.64. The molecule has 2 aliphatic rings. The molecule has 17 heavy (non-hydrogen) atoms. The van der Waals surface area contributed by atoms with E-state index >= 15 is 0 Å². The topological polar surface area (TPSA) is 83.6 Å². The Morgan fingerprint density at radius 1 is 1.35 bits per heavy atom. The normalized spacial score (nSPS) is 34.2. The Balaban J connectivity index is 2.23. The van der Waals surface area contributed by atoms with Crippen molar-refractivity contribution in [2.75, 3.05) is 0 Å². The third-order valence-corrected chi connectivity index (χ3v) is 4.02. The number of likely N-dealkylation sites (tertiary alicyclic amines) is 1. The second-order valence-corrected chi connectivity index (χ2v) is 5.24. The highest BCUT2D eigenvalue weighted by Gasteiger charge is 2.47. The van der Waals surface area contributed by atoms with Gasteiger partial charge in [-0.25, -0.2) is 4.79 Å². The van der Waals surface area contributed by atoms with E-state index in [0.29, 0.717) is 12.3 Å². The third-order valence-electron chi connectivity index (χ3n) is 4.02. The summed E-state index contributed by atoms with van der Waals surface area (Å²) in [6.07, 6.45) is 4.78. The number of amides is 1. The lowest BCUT2D eigenvalue weighted by Gasteiger charge is -2.33. The van der Waals surface area contributed by atoms with Gasteiger partial charge in [-0.3, -0.25) is 4.79 Å². The molecule has 2 unspecified atom stereocenters. The van der Waals surface area contributed by atoms with E-state index in [9.17, 15) is 14.7 Å². The van der Waals surface area contributed by atoms with E-state index in [1.165, 1.54) is 0 Å². The van der Waals surface area contributed by atoms with E-state index < -0.39 is 18.1 Å². The standard InChI is InChI=1S/C12H20N2O3/c1-7(13)11(15)14-9-5-3-2-4-8(9)6-10(14)12(16)17/h7-10H,2-6,13H2,1H3,(H,16,17)/t7-,8?,9-,10?/m0/s1. The number of carboxylic acids is 1. The van der Waals surface area contributed by atoms with Crippen LogP contribution in [-0.4, -0.2) is 40.0 Å². The van der Waals surface area contributed by atoms with Crippen molar-refractivity contribution in [3.05, 3.63) is 0 Å². The molecular weight excluding hydrogens is 220 g/mol. The molecule has 0 aromatic heterocycles. The molecule has 0 bridgehead atoms. The van der Waals surface area contributed by atoms with Gasteiger partial charge in [0.2, 0.25) is 5.91 Å². The molecule has 0 aromatic rings. The molecule has 3 N–H and O–H groups in total. The van der Waals surface area contributed by atoms with Gasteiger partial charge in [0.25, 0.3) is 0 Å². The monoisotopic (exact) mass is 240 g/mol. The van der Waals surface area contributed by atoms with E-state index in [-0.39, 0.29) is 11.9 Å². The number of rotatable bonds is 2. The average Bonchev–Trinajstić information content (AvgIpc) is 2.67. The lowest BCUT2D eigenvalue weighted by Crippen LogP contribution is -2.51. The van der Waals surface area contributed by atoms with Crippen molar-refractivity contribution in [3.8, 4) is 0 Å². The van der Waals surface area contributed by atoms with Crippen molar-refractivity contribution in [1.29, 1.82) is 0 Å². The minimum absolute atomic E-state index is 0.100. The molecule has 0 spiro atoms. The Labute approximate surface area is 101 Å². The van der Waals surface area contributed by atoms with Crippen LogP contribution in [0.1, 0.15) is 39.0 Å². The summed E-state index contributed by atoms with van der Waals surface area (Å²) in [7, 11) is 0. The maximum Gasteiger partial charge on any atom is 0.326 e.